The van der Waals surface area contributed by atoms with E-state index in [0.717, 1.165) is 5.56 Å². The summed E-state index contributed by atoms with van der Waals surface area (Å²) in [5, 5.41) is 0. The topological polar surface area (TPSA) is 72.9 Å². The van der Waals surface area contributed by atoms with E-state index in [9.17, 15) is 14.4 Å². The second-order valence-electron chi connectivity index (χ2n) is 6.92. The van der Waals surface area contributed by atoms with E-state index in [1.807, 2.05) is 19.1 Å². The van der Waals surface area contributed by atoms with Gasteiger partial charge >= 0.3 is 5.97 Å². The van der Waals surface area contributed by atoms with Crippen molar-refractivity contribution in [3.8, 4) is 5.75 Å². The van der Waals surface area contributed by atoms with Crippen LogP contribution in [0.5, 0.6) is 5.75 Å². The number of ether oxygens (including phenoxy) is 2. The number of aryl methyl sites for hydroxylation is 1. The summed E-state index contributed by atoms with van der Waals surface area (Å²) >= 11 is 0. The zero-order chi connectivity index (χ0) is 20.3. The van der Waals surface area contributed by atoms with Gasteiger partial charge in [0.15, 0.2) is 6.10 Å². The molecule has 2 aromatic rings. The number of benzene rings is 2. The van der Waals surface area contributed by atoms with Crippen molar-refractivity contribution in [2.45, 2.75) is 26.4 Å². The largest absolute Gasteiger partial charge is 0.497 e. The number of esters is 1. The normalized spacial score (nSPS) is 17.3. The molecular formula is C22H23NO5. The summed E-state index contributed by atoms with van der Waals surface area (Å²) in [6, 6.07) is 14.2. The van der Waals surface area contributed by atoms with Crippen molar-refractivity contribution >= 4 is 23.3 Å². The number of Topliss-reactive ketones (excluding diaryl/α,β-unsaturated/α-hetero) is 1. The van der Waals surface area contributed by atoms with Gasteiger partial charge in [0.1, 0.15) is 5.75 Å². The van der Waals surface area contributed by atoms with Gasteiger partial charge < -0.3 is 14.4 Å². The van der Waals surface area contributed by atoms with Crippen LogP contribution < -0.4 is 9.64 Å². The molecule has 0 bridgehead atoms. The molecule has 6 heteroatoms. The van der Waals surface area contributed by atoms with Gasteiger partial charge in [0.05, 0.1) is 13.0 Å². The number of methoxy groups -OCH3 is 1. The molecule has 0 spiro atoms. The summed E-state index contributed by atoms with van der Waals surface area (Å²) < 4.78 is 10.6. The maximum atomic E-state index is 12.5. The van der Waals surface area contributed by atoms with Gasteiger partial charge in [-0.05, 0) is 26.0 Å². The van der Waals surface area contributed by atoms with Crippen molar-refractivity contribution in [3.05, 3.63) is 59.7 Å². The molecule has 2 aromatic carbocycles. The van der Waals surface area contributed by atoms with Gasteiger partial charge in [-0.25, -0.2) is 0 Å². The molecule has 1 aliphatic rings. The van der Waals surface area contributed by atoms with Gasteiger partial charge in [-0.15, -0.1) is 0 Å². The van der Waals surface area contributed by atoms with Crippen molar-refractivity contribution in [1.82, 2.24) is 0 Å². The second-order valence-corrected chi connectivity index (χ2v) is 6.92. The summed E-state index contributed by atoms with van der Waals surface area (Å²) in [5.41, 5.74) is 2.21. The maximum Gasteiger partial charge on any atom is 0.312 e. The lowest BCUT2D eigenvalue weighted by Gasteiger charge is -2.18. The third-order valence-corrected chi connectivity index (χ3v) is 4.82. The minimum atomic E-state index is -0.906. The van der Waals surface area contributed by atoms with Crippen LogP contribution in [0.2, 0.25) is 0 Å². The predicted molar refractivity (Wildman–Crippen MR) is 105 cm³/mol. The highest BCUT2D eigenvalue weighted by atomic mass is 16.5. The van der Waals surface area contributed by atoms with Crippen LogP contribution in [0.1, 0.15) is 29.3 Å². The fraction of sp³-hybridized carbons (Fsp3) is 0.318. The smallest absolute Gasteiger partial charge is 0.312 e. The zero-order valence-electron chi connectivity index (χ0n) is 16.2. The molecule has 1 fully saturated rings. The zero-order valence-corrected chi connectivity index (χ0v) is 16.2. The van der Waals surface area contributed by atoms with Crippen LogP contribution >= 0.6 is 0 Å². The summed E-state index contributed by atoms with van der Waals surface area (Å²) in [5.74, 6) is -0.928. The van der Waals surface area contributed by atoms with Crippen LogP contribution in [0.4, 0.5) is 5.69 Å². The average molecular weight is 381 g/mol. The monoisotopic (exact) mass is 381 g/mol. The molecule has 1 amide bonds. The van der Waals surface area contributed by atoms with E-state index in [2.05, 4.69) is 0 Å². The lowest BCUT2D eigenvalue weighted by molar-refractivity contribution is -0.151. The summed E-state index contributed by atoms with van der Waals surface area (Å²) in [6.45, 7) is 3.70. The van der Waals surface area contributed by atoms with Crippen LogP contribution in [0, 0.1) is 12.8 Å². The highest BCUT2D eigenvalue weighted by molar-refractivity contribution is 6.02. The molecule has 1 saturated heterocycles. The van der Waals surface area contributed by atoms with Crippen molar-refractivity contribution in [2.24, 2.45) is 5.92 Å². The molecule has 6 nitrogen and oxygen atoms in total. The Balaban J connectivity index is 1.64. The standard InChI is InChI=1S/C22H23NO5/c1-14-7-9-16(10-8-14)21(25)15(2)28-22(26)17-11-20(24)23(13-17)18-5-4-6-19(12-18)27-3/h4-10,12,15,17H,11,13H2,1-3H3/t15-,17+/m0/s1. The fourth-order valence-electron chi connectivity index (χ4n) is 3.17. The summed E-state index contributed by atoms with van der Waals surface area (Å²) in [7, 11) is 1.55. The Morgan fingerprint density at radius 3 is 2.54 bits per heavy atom. The van der Waals surface area contributed by atoms with Crippen LogP contribution in [0.15, 0.2) is 48.5 Å². The van der Waals surface area contributed by atoms with Gasteiger partial charge in [-0.1, -0.05) is 35.9 Å². The number of hydrogen-bond donors (Lipinski definition) is 0. The number of amides is 1. The molecule has 1 aliphatic heterocycles. The number of ketones is 1. The molecule has 0 aromatic heterocycles. The predicted octanol–water partition coefficient (Wildman–Crippen LogP) is 3.17. The van der Waals surface area contributed by atoms with E-state index in [1.165, 1.54) is 0 Å². The molecule has 3 rings (SSSR count). The van der Waals surface area contributed by atoms with E-state index in [4.69, 9.17) is 9.47 Å². The van der Waals surface area contributed by atoms with Gasteiger partial charge in [0.25, 0.3) is 0 Å². The highest BCUT2D eigenvalue weighted by Crippen LogP contribution is 2.28. The third-order valence-electron chi connectivity index (χ3n) is 4.82. The lowest BCUT2D eigenvalue weighted by Crippen LogP contribution is -2.30. The van der Waals surface area contributed by atoms with Crippen molar-refractivity contribution in [3.63, 3.8) is 0 Å². The Morgan fingerprint density at radius 1 is 1.14 bits per heavy atom. The Labute approximate surface area is 164 Å². The van der Waals surface area contributed by atoms with E-state index in [1.54, 1.807) is 55.3 Å². The second kappa shape index (κ2) is 8.25. The Hall–Kier alpha value is -3.15. The maximum absolute atomic E-state index is 12.5. The number of hydrogen-bond acceptors (Lipinski definition) is 5. The van der Waals surface area contributed by atoms with Gasteiger partial charge in [0.2, 0.25) is 11.7 Å². The quantitative estimate of drug-likeness (QED) is 0.568. The van der Waals surface area contributed by atoms with Crippen molar-refractivity contribution in [1.29, 1.82) is 0 Å². The SMILES string of the molecule is COc1cccc(N2C[C@H](C(=O)O[C@@H](C)C(=O)c3ccc(C)cc3)CC2=O)c1. The number of anilines is 1. The number of rotatable bonds is 6. The lowest BCUT2D eigenvalue weighted by atomic mass is 10.1. The van der Waals surface area contributed by atoms with Crippen LogP contribution in [-0.4, -0.2) is 37.4 Å². The number of carbonyl (C=O) groups excluding carboxylic acids is 3. The number of nitrogens with zero attached hydrogens (tertiary/aromatic N) is 1. The third kappa shape index (κ3) is 4.22. The molecular weight excluding hydrogens is 358 g/mol. The average Bonchev–Trinajstić information content (AvgIpc) is 3.10. The molecule has 0 N–H and O–H groups in total. The van der Waals surface area contributed by atoms with Crippen LogP contribution in [-0.2, 0) is 14.3 Å². The van der Waals surface area contributed by atoms with E-state index >= 15 is 0 Å². The summed E-state index contributed by atoms with van der Waals surface area (Å²) in [4.78, 5) is 38.9. The minimum Gasteiger partial charge on any atom is -0.497 e. The van der Waals surface area contributed by atoms with Gasteiger partial charge in [-0.3, -0.25) is 14.4 Å². The minimum absolute atomic E-state index is 0.0570. The first-order chi connectivity index (χ1) is 13.4. The van der Waals surface area contributed by atoms with Crippen molar-refractivity contribution in [2.75, 3.05) is 18.6 Å². The Kier molecular flexibility index (Phi) is 5.78. The van der Waals surface area contributed by atoms with Crippen LogP contribution in [0.3, 0.4) is 0 Å². The number of carbonyl (C=O) groups is 3. The molecule has 0 aliphatic carbocycles. The first-order valence-electron chi connectivity index (χ1n) is 9.15. The first kappa shape index (κ1) is 19.6. The first-order valence-corrected chi connectivity index (χ1v) is 9.15. The van der Waals surface area contributed by atoms with Gasteiger partial charge in [0, 0.05) is 30.3 Å². The van der Waals surface area contributed by atoms with E-state index in [-0.39, 0.29) is 24.7 Å². The van der Waals surface area contributed by atoms with E-state index in [0.29, 0.717) is 17.0 Å². The summed E-state index contributed by atoms with van der Waals surface area (Å²) in [6.07, 6.45) is -0.849. The molecule has 0 saturated carbocycles. The van der Waals surface area contributed by atoms with Crippen LogP contribution in [0.25, 0.3) is 0 Å². The Bertz CT molecular complexity index is 890. The molecule has 1 heterocycles. The van der Waals surface area contributed by atoms with E-state index < -0.39 is 18.0 Å². The Morgan fingerprint density at radius 2 is 1.86 bits per heavy atom. The highest BCUT2D eigenvalue weighted by Gasteiger charge is 2.37. The molecule has 2 atom stereocenters. The molecule has 146 valence electrons. The molecule has 28 heavy (non-hydrogen) atoms. The fourth-order valence-corrected chi connectivity index (χ4v) is 3.17. The van der Waals surface area contributed by atoms with Gasteiger partial charge in [-0.2, -0.15) is 0 Å². The molecule has 0 radical (unpaired) electrons. The molecule has 0 unspecified atom stereocenters. The van der Waals surface area contributed by atoms with Crippen molar-refractivity contribution < 1.29 is 23.9 Å².